The first-order valence-electron chi connectivity index (χ1n) is 21.2. The summed E-state index contributed by atoms with van der Waals surface area (Å²) in [5, 5.41) is 14.2. The monoisotopic (exact) mass is 820 g/mol. The van der Waals surface area contributed by atoms with E-state index < -0.39 is 0 Å². The van der Waals surface area contributed by atoms with Crippen LogP contribution in [0.25, 0.3) is 136 Å². The molecule has 0 spiro atoms. The first-order chi connectivity index (χ1) is 31.2. The highest BCUT2D eigenvalue weighted by atomic mass is 32.1. The number of nitrogens with zero attached hydrogens (tertiary/aromatic N) is 4. The summed E-state index contributed by atoms with van der Waals surface area (Å²) in [6.45, 7) is 0. The van der Waals surface area contributed by atoms with E-state index in [-0.39, 0.29) is 0 Å². The van der Waals surface area contributed by atoms with Crippen molar-refractivity contribution in [2.45, 2.75) is 0 Å². The number of benzene rings is 10. The second-order valence-corrected chi connectivity index (χ2v) is 17.5. The van der Waals surface area contributed by atoms with Gasteiger partial charge in [-0.15, -0.1) is 11.3 Å². The third-order valence-electron chi connectivity index (χ3n) is 12.8. The van der Waals surface area contributed by atoms with E-state index in [0.29, 0.717) is 17.5 Å². The van der Waals surface area contributed by atoms with Gasteiger partial charge in [0.15, 0.2) is 17.5 Å². The molecule has 4 heterocycles. The zero-order chi connectivity index (χ0) is 41.2. The van der Waals surface area contributed by atoms with Crippen LogP contribution in [0.1, 0.15) is 0 Å². The van der Waals surface area contributed by atoms with Crippen LogP contribution in [0.5, 0.6) is 0 Å². The largest absolute Gasteiger partial charge is 0.456 e. The summed E-state index contributed by atoms with van der Waals surface area (Å²) in [5.74, 6) is 1.92. The number of hydrogen-bond donors (Lipinski definition) is 0. The van der Waals surface area contributed by atoms with Crippen molar-refractivity contribution in [3.63, 3.8) is 0 Å². The molecular formula is C57H32N4OS. The Morgan fingerprint density at radius 2 is 0.937 bits per heavy atom. The summed E-state index contributed by atoms with van der Waals surface area (Å²) in [6, 6.07) is 69.2. The number of rotatable bonds is 4. The smallest absolute Gasteiger partial charge is 0.164 e. The summed E-state index contributed by atoms with van der Waals surface area (Å²) in [6.07, 6.45) is 0. The number of fused-ring (bicyclic) bond motifs is 13. The molecule has 4 aromatic heterocycles. The summed E-state index contributed by atoms with van der Waals surface area (Å²) >= 11 is 1.81. The van der Waals surface area contributed by atoms with Crippen LogP contribution in [0.15, 0.2) is 199 Å². The van der Waals surface area contributed by atoms with Crippen molar-refractivity contribution in [2.75, 3.05) is 0 Å². The van der Waals surface area contributed by atoms with Crippen LogP contribution in [-0.2, 0) is 0 Å². The van der Waals surface area contributed by atoms with Gasteiger partial charge in [-0.2, -0.15) is 0 Å². The normalized spacial score (nSPS) is 12.1. The van der Waals surface area contributed by atoms with Crippen LogP contribution in [0.3, 0.4) is 0 Å². The molecule has 0 aliphatic heterocycles. The molecule has 0 bridgehead atoms. The molecule has 10 aromatic carbocycles. The molecule has 0 atom stereocenters. The van der Waals surface area contributed by atoms with Crippen molar-refractivity contribution in [3.05, 3.63) is 194 Å². The van der Waals surface area contributed by atoms with E-state index in [1.807, 2.05) is 29.5 Å². The van der Waals surface area contributed by atoms with Crippen LogP contribution in [0.2, 0.25) is 0 Å². The molecule has 0 aliphatic carbocycles. The van der Waals surface area contributed by atoms with Gasteiger partial charge in [0.2, 0.25) is 0 Å². The van der Waals surface area contributed by atoms with E-state index in [1.165, 1.54) is 63.5 Å². The van der Waals surface area contributed by atoms with E-state index in [9.17, 15) is 0 Å². The standard InChI is InChI=1S/C57H32N4OS/c1-2-10-33(11-3-1)55-58-56(60-57(59-55)40-20-25-53-47(29-40)43-16-8-9-17-52(43)63-53)39-18-22-42-38(26-39)19-24-50-54(42)44-23-21-41(32-51(44)62-50)61-48-30-36-14-6-4-12-34(36)27-45(48)46-28-35-13-5-7-15-37(35)31-49(46)61/h1-32H. The fourth-order valence-electron chi connectivity index (χ4n) is 9.75. The number of furan rings is 1. The lowest BCUT2D eigenvalue weighted by Crippen LogP contribution is -2.00. The third-order valence-corrected chi connectivity index (χ3v) is 13.9. The van der Waals surface area contributed by atoms with Gasteiger partial charge in [-0.1, -0.05) is 115 Å². The van der Waals surface area contributed by atoms with E-state index >= 15 is 0 Å². The van der Waals surface area contributed by atoms with Gasteiger partial charge in [-0.25, -0.2) is 15.0 Å². The summed E-state index contributed by atoms with van der Waals surface area (Å²) in [5.41, 5.74) is 7.93. The first-order valence-corrected chi connectivity index (χ1v) is 22.0. The lowest BCUT2D eigenvalue weighted by molar-refractivity contribution is 0.669. The van der Waals surface area contributed by atoms with Gasteiger partial charge in [-0.3, -0.25) is 0 Å². The van der Waals surface area contributed by atoms with Gasteiger partial charge < -0.3 is 8.98 Å². The Kier molecular flexibility index (Phi) is 7.21. The van der Waals surface area contributed by atoms with Crippen LogP contribution in [-0.4, -0.2) is 19.5 Å². The van der Waals surface area contributed by atoms with Gasteiger partial charge in [-0.05, 0) is 105 Å². The SMILES string of the molecule is c1ccc(-c2nc(-c3ccc4c(ccc5oc6cc(-n7c8cc9ccccc9cc8c8cc9ccccc9cc87)ccc6c54)c3)nc(-c3ccc4sc5ccccc5c4c3)n2)cc1. The van der Waals surface area contributed by atoms with Crippen LogP contribution < -0.4 is 0 Å². The van der Waals surface area contributed by atoms with E-state index in [0.717, 1.165) is 55.1 Å². The minimum absolute atomic E-state index is 0.629. The molecule has 0 N–H and O–H groups in total. The maximum absolute atomic E-state index is 6.71. The lowest BCUT2D eigenvalue weighted by atomic mass is 10.0. The fourth-order valence-corrected chi connectivity index (χ4v) is 10.8. The van der Waals surface area contributed by atoms with Crippen LogP contribution in [0, 0.1) is 0 Å². The zero-order valence-corrected chi connectivity index (χ0v) is 34.4. The lowest BCUT2D eigenvalue weighted by Gasteiger charge is -2.10. The molecule has 0 saturated heterocycles. The molecule has 6 heteroatoms. The molecule has 14 aromatic rings. The average molecular weight is 821 g/mol. The predicted octanol–water partition coefficient (Wildman–Crippen LogP) is 15.7. The maximum Gasteiger partial charge on any atom is 0.164 e. The fraction of sp³-hybridized carbons (Fsp3) is 0. The first kappa shape index (κ1) is 34.5. The Labute approximate surface area is 363 Å². The second kappa shape index (κ2) is 13.2. The number of aromatic nitrogens is 4. The Bertz CT molecular complexity index is 4130. The molecule has 0 fully saturated rings. The van der Waals surface area contributed by atoms with E-state index in [1.54, 1.807) is 0 Å². The Balaban J connectivity index is 0.917. The Morgan fingerprint density at radius 3 is 1.67 bits per heavy atom. The third kappa shape index (κ3) is 5.32. The van der Waals surface area contributed by atoms with Gasteiger partial charge >= 0.3 is 0 Å². The Morgan fingerprint density at radius 1 is 0.349 bits per heavy atom. The zero-order valence-electron chi connectivity index (χ0n) is 33.6. The van der Waals surface area contributed by atoms with Crippen molar-refractivity contribution in [2.24, 2.45) is 0 Å². The highest BCUT2D eigenvalue weighted by Gasteiger charge is 2.19. The van der Waals surface area contributed by atoms with Crippen LogP contribution >= 0.6 is 11.3 Å². The van der Waals surface area contributed by atoms with Crippen molar-refractivity contribution >= 4 is 108 Å². The minimum Gasteiger partial charge on any atom is -0.456 e. The Hall–Kier alpha value is -8.19. The van der Waals surface area contributed by atoms with Crippen LogP contribution in [0.4, 0.5) is 0 Å². The summed E-state index contributed by atoms with van der Waals surface area (Å²) in [7, 11) is 0. The quantitative estimate of drug-likeness (QED) is 0.177. The van der Waals surface area contributed by atoms with Crippen molar-refractivity contribution in [1.29, 1.82) is 0 Å². The molecule has 0 saturated carbocycles. The number of hydrogen-bond acceptors (Lipinski definition) is 5. The van der Waals surface area contributed by atoms with Crippen molar-refractivity contribution < 1.29 is 4.42 Å². The second-order valence-electron chi connectivity index (χ2n) is 16.4. The molecule has 5 nitrogen and oxygen atoms in total. The molecule has 14 rings (SSSR count). The molecule has 0 aliphatic rings. The molecule has 292 valence electrons. The van der Waals surface area contributed by atoms with Gasteiger partial charge in [0.25, 0.3) is 0 Å². The molecular weight excluding hydrogens is 789 g/mol. The van der Waals surface area contributed by atoms with Gasteiger partial charge in [0, 0.05) is 70.2 Å². The van der Waals surface area contributed by atoms with Gasteiger partial charge in [0.05, 0.1) is 11.0 Å². The minimum atomic E-state index is 0.629. The van der Waals surface area contributed by atoms with Crippen molar-refractivity contribution in [3.8, 4) is 39.9 Å². The number of thiophene rings is 1. The van der Waals surface area contributed by atoms with E-state index in [2.05, 4.69) is 180 Å². The van der Waals surface area contributed by atoms with E-state index in [4.69, 9.17) is 19.4 Å². The highest BCUT2D eigenvalue weighted by molar-refractivity contribution is 7.25. The summed E-state index contributed by atoms with van der Waals surface area (Å²) in [4.78, 5) is 15.3. The molecule has 0 unspecified atom stereocenters. The molecule has 0 radical (unpaired) electrons. The maximum atomic E-state index is 6.71. The molecule has 0 amide bonds. The predicted molar refractivity (Wildman–Crippen MR) is 263 cm³/mol. The molecule has 63 heavy (non-hydrogen) atoms. The van der Waals surface area contributed by atoms with Crippen molar-refractivity contribution in [1.82, 2.24) is 19.5 Å². The average Bonchev–Trinajstić information content (AvgIpc) is 4.01. The summed E-state index contributed by atoms with van der Waals surface area (Å²) < 4.78 is 11.6. The van der Waals surface area contributed by atoms with Gasteiger partial charge in [0.1, 0.15) is 11.2 Å². The highest BCUT2D eigenvalue weighted by Crippen LogP contribution is 2.41. The topological polar surface area (TPSA) is 56.7 Å².